The van der Waals surface area contributed by atoms with E-state index in [9.17, 15) is 9.59 Å². The Labute approximate surface area is 150 Å². The fraction of sp³-hybridized carbons (Fsp3) is 0.176. The Bertz CT molecular complexity index is 722. The van der Waals surface area contributed by atoms with E-state index in [-0.39, 0.29) is 12.3 Å². The molecule has 0 unspecified atom stereocenters. The van der Waals surface area contributed by atoms with Gasteiger partial charge in [0.2, 0.25) is 5.91 Å². The standard InChI is InChI=1S/C17H18ClN3O2S/c1-24-12-8-6-11(7-9-12)20-16(22)10-15(21-17(19)23)13-4-2-3-5-14(13)18/h2-9,15H,10H2,1H3,(H,20,22)(H3,19,21,23)/t15-/m1/s1. The highest BCUT2D eigenvalue weighted by Gasteiger charge is 2.19. The smallest absolute Gasteiger partial charge is 0.312 e. The van der Waals surface area contributed by atoms with Crippen molar-refractivity contribution in [2.45, 2.75) is 17.4 Å². The van der Waals surface area contributed by atoms with Crippen molar-refractivity contribution in [3.63, 3.8) is 0 Å². The molecular weight excluding hydrogens is 346 g/mol. The first-order valence-corrected chi connectivity index (χ1v) is 8.84. The van der Waals surface area contributed by atoms with Crippen molar-refractivity contribution in [3.8, 4) is 0 Å². The quantitative estimate of drug-likeness (QED) is 0.682. The molecule has 2 aromatic rings. The van der Waals surface area contributed by atoms with Gasteiger partial charge in [0.15, 0.2) is 0 Å². The lowest BCUT2D eigenvalue weighted by atomic mass is 10.0. The highest BCUT2D eigenvalue weighted by atomic mass is 35.5. The summed E-state index contributed by atoms with van der Waals surface area (Å²) in [7, 11) is 0. The van der Waals surface area contributed by atoms with E-state index in [1.165, 1.54) is 0 Å². The molecule has 0 aromatic heterocycles. The first kappa shape index (κ1) is 18.2. The SMILES string of the molecule is CSc1ccc(NC(=O)C[C@@H](NC(N)=O)c2ccccc2Cl)cc1. The summed E-state index contributed by atoms with van der Waals surface area (Å²) in [4.78, 5) is 24.6. The number of anilines is 1. The Hall–Kier alpha value is -2.18. The van der Waals surface area contributed by atoms with Crippen LogP contribution in [0.5, 0.6) is 0 Å². The lowest BCUT2D eigenvalue weighted by molar-refractivity contribution is -0.116. The van der Waals surface area contributed by atoms with E-state index in [2.05, 4.69) is 10.6 Å². The van der Waals surface area contributed by atoms with E-state index in [0.717, 1.165) is 4.90 Å². The largest absolute Gasteiger partial charge is 0.352 e. The summed E-state index contributed by atoms with van der Waals surface area (Å²) in [6, 6.07) is 13.2. The van der Waals surface area contributed by atoms with Crippen molar-refractivity contribution in [2.75, 3.05) is 11.6 Å². The molecule has 24 heavy (non-hydrogen) atoms. The van der Waals surface area contributed by atoms with Crippen molar-refractivity contribution in [2.24, 2.45) is 5.73 Å². The summed E-state index contributed by atoms with van der Waals surface area (Å²) in [5.41, 5.74) is 6.55. The minimum atomic E-state index is -0.711. The van der Waals surface area contributed by atoms with Gasteiger partial charge in [-0.2, -0.15) is 0 Å². The zero-order chi connectivity index (χ0) is 17.5. The molecule has 2 rings (SSSR count). The number of hydrogen-bond donors (Lipinski definition) is 3. The van der Waals surface area contributed by atoms with Crippen LogP contribution in [-0.2, 0) is 4.79 Å². The highest BCUT2D eigenvalue weighted by Crippen LogP contribution is 2.25. The lowest BCUT2D eigenvalue weighted by Crippen LogP contribution is -2.35. The summed E-state index contributed by atoms with van der Waals surface area (Å²) < 4.78 is 0. The van der Waals surface area contributed by atoms with Gasteiger partial charge in [-0.15, -0.1) is 11.8 Å². The summed E-state index contributed by atoms with van der Waals surface area (Å²) in [5, 5.41) is 5.83. The second kappa shape index (κ2) is 8.61. The summed E-state index contributed by atoms with van der Waals surface area (Å²) in [5.74, 6) is -0.245. The summed E-state index contributed by atoms with van der Waals surface area (Å²) >= 11 is 7.78. The van der Waals surface area contributed by atoms with Gasteiger partial charge in [-0.05, 0) is 42.2 Å². The Balaban J connectivity index is 2.09. The number of halogens is 1. The van der Waals surface area contributed by atoms with Crippen molar-refractivity contribution < 1.29 is 9.59 Å². The molecule has 0 aliphatic heterocycles. The Morgan fingerprint density at radius 1 is 1.17 bits per heavy atom. The van der Waals surface area contributed by atoms with Crippen LogP contribution in [0.15, 0.2) is 53.4 Å². The normalized spacial score (nSPS) is 11.6. The van der Waals surface area contributed by atoms with Gasteiger partial charge >= 0.3 is 6.03 Å². The number of rotatable bonds is 6. The molecule has 3 amide bonds. The fourth-order valence-corrected chi connectivity index (χ4v) is 2.92. The first-order valence-electron chi connectivity index (χ1n) is 7.24. The molecule has 0 fully saturated rings. The molecule has 0 spiro atoms. The second-order valence-corrected chi connectivity index (χ2v) is 6.35. The molecule has 0 aliphatic rings. The van der Waals surface area contributed by atoms with Crippen LogP contribution in [0.3, 0.4) is 0 Å². The van der Waals surface area contributed by atoms with Crippen molar-refractivity contribution in [3.05, 3.63) is 59.1 Å². The van der Waals surface area contributed by atoms with Crippen LogP contribution < -0.4 is 16.4 Å². The number of hydrogen-bond acceptors (Lipinski definition) is 3. The Morgan fingerprint density at radius 2 is 1.83 bits per heavy atom. The zero-order valence-corrected chi connectivity index (χ0v) is 14.7. The number of urea groups is 1. The van der Waals surface area contributed by atoms with Crippen LogP contribution in [0.4, 0.5) is 10.5 Å². The Kier molecular flexibility index (Phi) is 6.52. The van der Waals surface area contributed by atoms with Gasteiger partial charge in [0, 0.05) is 15.6 Å². The van der Waals surface area contributed by atoms with E-state index < -0.39 is 12.1 Å². The molecule has 0 heterocycles. The lowest BCUT2D eigenvalue weighted by Gasteiger charge is -2.19. The maximum Gasteiger partial charge on any atom is 0.312 e. The van der Waals surface area contributed by atoms with Gasteiger partial charge in [0.25, 0.3) is 0 Å². The molecule has 126 valence electrons. The number of primary amides is 1. The number of nitrogens with one attached hydrogen (secondary N) is 2. The molecule has 2 aromatic carbocycles. The number of carbonyl (C=O) groups excluding carboxylic acids is 2. The van der Waals surface area contributed by atoms with Gasteiger partial charge in [0.1, 0.15) is 0 Å². The van der Waals surface area contributed by atoms with Gasteiger partial charge in [-0.3, -0.25) is 4.79 Å². The van der Waals surface area contributed by atoms with Crippen LogP contribution in [-0.4, -0.2) is 18.2 Å². The molecule has 0 bridgehead atoms. The van der Waals surface area contributed by atoms with Crippen LogP contribution in [0, 0.1) is 0 Å². The minimum absolute atomic E-state index is 0.0248. The number of thioether (sulfide) groups is 1. The molecule has 0 radical (unpaired) electrons. The van der Waals surface area contributed by atoms with Gasteiger partial charge in [-0.25, -0.2) is 4.79 Å². The predicted octanol–water partition coefficient (Wildman–Crippen LogP) is 3.80. The summed E-state index contributed by atoms with van der Waals surface area (Å²) in [6.07, 6.45) is 2.01. The Morgan fingerprint density at radius 3 is 2.42 bits per heavy atom. The van der Waals surface area contributed by atoms with Gasteiger partial charge in [-0.1, -0.05) is 29.8 Å². The third-order valence-electron chi connectivity index (χ3n) is 3.36. The van der Waals surface area contributed by atoms with E-state index in [0.29, 0.717) is 16.3 Å². The summed E-state index contributed by atoms with van der Waals surface area (Å²) in [6.45, 7) is 0. The van der Waals surface area contributed by atoms with Crippen molar-refractivity contribution >= 4 is 41.0 Å². The average Bonchev–Trinajstić information content (AvgIpc) is 2.55. The molecular formula is C17H18ClN3O2S. The molecule has 7 heteroatoms. The third-order valence-corrected chi connectivity index (χ3v) is 4.45. The molecule has 1 atom stereocenters. The predicted molar refractivity (Wildman–Crippen MR) is 98.4 cm³/mol. The van der Waals surface area contributed by atoms with Crippen LogP contribution in [0.1, 0.15) is 18.0 Å². The molecule has 0 aliphatic carbocycles. The number of nitrogens with two attached hydrogens (primary N) is 1. The first-order chi connectivity index (χ1) is 11.5. The maximum atomic E-state index is 12.3. The molecule has 4 N–H and O–H groups in total. The van der Waals surface area contributed by atoms with Gasteiger partial charge in [0.05, 0.1) is 12.5 Å². The van der Waals surface area contributed by atoms with E-state index in [4.69, 9.17) is 17.3 Å². The molecule has 0 saturated carbocycles. The zero-order valence-electron chi connectivity index (χ0n) is 13.1. The number of benzene rings is 2. The van der Waals surface area contributed by atoms with Crippen LogP contribution in [0.2, 0.25) is 5.02 Å². The molecule has 5 nitrogen and oxygen atoms in total. The molecule has 0 saturated heterocycles. The van der Waals surface area contributed by atoms with Crippen molar-refractivity contribution in [1.82, 2.24) is 5.32 Å². The van der Waals surface area contributed by atoms with Gasteiger partial charge < -0.3 is 16.4 Å². The van der Waals surface area contributed by atoms with E-state index in [1.807, 2.05) is 30.5 Å². The minimum Gasteiger partial charge on any atom is -0.352 e. The topological polar surface area (TPSA) is 84.2 Å². The van der Waals surface area contributed by atoms with E-state index >= 15 is 0 Å². The maximum absolute atomic E-state index is 12.3. The van der Waals surface area contributed by atoms with Crippen LogP contribution >= 0.6 is 23.4 Å². The average molecular weight is 364 g/mol. The fourth-order valence-electron chi connectivity index (χ4n) is 2.24. The van der Waals surface area contributed by atoms with Crippen LogP contribution in [0.25, 0.3) is 0 Å². The third kappa shape index (κ3) is 5.18. The highest BCUT2D eigenvalue weighted by molar-refractivity contribution is 7.98. The second-order valence-electron chi connectivity index (χ2n) is 5.06. The monoisotopic (exact) mass is 363 g/mol. The van der Waals surface area contributed by atoms with E-state index in [1.54, 1.807) is 36.0 Å². The van der Waals surface area contributed by atoms with Crippen molar-refractivity contribution in [1.29, 1.82) is 0 Å². The number of amides is 3. The number of carbonyl (C=O) groups is 2.